The topological polar surface area (TPSA) is 49.4 Å². The van der Waals surface area contributed by atoms with Gasteiger partial charge >= 0.3 is 11.8 Å². The Bertz CT molecular complexity index is 626. The van der Waals surface area contributed by atoms with Crippen molar-refractivity contribution in [1.82, 2.24) is 10.2 Å². The van der Waals surface area contributed by atoms with E-state index < -0.39 is 11.8 Å². The molecule has 0 heterocycles. The first-order valence-electron chi connectivity index (χ1n) is 7.78. The second-order valence-corrected chi connectivity index (χ2v) is 5.49. The molecule has 23 heavy (non-hydrogen) atoms. The Balaban J connectivity index is 1.71. The molecule has 0 fully saturated rings. The van der Waals surface area contributed by atoms with Gasteiger partial charge in [0.2, 0.25) is 0 Å². The van der Waals surface area contributed by atoms with Crippen LogP contribution in [0.5, 0.6) is 0 Å². The smallest absolute Gasteiger partial charge is 0.311 e. The van der Waals surface area contributed by atoms with Crippen LogP contribution in [0.25, 0.3) is 0 Å². The van der Waals surface area contributed by atoms with Crippen LogP contribution in [0, 0.1) is 0 Å². The van der Waals surface area contributed by atoms with Crippen LogP contribution in [-0.2, 0) is 22.6 Å². The highest BCUT2D eigenvalue weighted by molar-refractivity contribution is 6.34. The Morgan fingerprint density at radius 1 is 0.913 bits per heavy atom. The zero-order valence-electron chi connectivity index (χ0n) is 13.4. The number of carbonyl (C=O) groups is 2. The third-order valence-corrected chi connectivity index (χ3v) is 3.57. The molecule has 1 N–H and O–H groups in total. The molecule has 0 saturated heterocycles. The number of nitrogens with zero attached hydrogens (tertiary/aromatic N) is 1. The largest absolute Gasteiger partial charge is 0.348 e. The molecule has 0 aliphatic rings. The molecule has 0 spiro atoms. The maximum atomic E-state index is 12.0. The van der Waals surface area contributed by atoms with Crippen LogP contribution < -0.4 is 5.32 Å². The summed E-state index contributed by atoms with van der Waals surface area (Å²) in [6.45, 7) is 0.926. The van der Waals surface area contributed by atoms with E-state index in [9.17, 15) is 9.59 Å². The average molecular weight is 310 g/mol. The molecule has 2 rings (SSSR count). The molecule has 120 valence electrons. The number of likely N-dealkylation sites (N-methyl/N-ethyl adjacent to an activating group) is 1. The Morgan fingerprint density at radius 2 is 1.48 bits per heavy atom. The molecule has 0 aliphatic heterocycles. The van der Waals surface area contributed by atoms with E-state index in [4.69, 9.17) is 0 Å². The van der Waals surface area contributed by atoms with Gasteiger partial charge in [-0.15, -0.1) is 0 Å². The van der Waals surface area contributed by atoms with Crippen molar-refractivity contribution in [2.45, 2.75) is 19.4 Å². The van der Waals surface area contributed by atoms with Gasteiger partial charge in [-0.3, -0.25) is 9.59 Å². The highest BCUT2D eigenvalue weighted by atomic mass is 16.2. The van der Waals surface area contributed by atoms with Crippen molar-refractivity contribution in [1.29, 1.82) is 0 Å². The molecule has 0 bridgehead atoms. The van der Waals surface area contributed by atoms with Crippen molar-refractivity contribution in [3.05, 3.63) is 71.8 Å². The Morgan fingerprint density at radius 3 is 2.09 bits per heavy atom. The number of aryl methyl sites for hydroxylation is 1. The number of hydrogen-bond donors (Lipinski definition) is 1. The van der Waals surface area contributed by atoms with Crippen LogP contribution in [0.3, 0.4) is 0 Å². The molecular formula is C19H22N2O2. The normalized spacial score (nSPS) is 10.1. The molecule has 0 atom stereocenters. The monoisotopic (exact) mass is 310 g/mol. The lowest BCUT2D eigenvalue weighted by atomic mass is 10.1. The van der Waals surface area contributed by atoms with Crippen LogP contribution in [0.2, 0.25) is 0 Å². The van der Waals surface area contributed by atoms with E-state index in [1.165, 1.54) is 10.5 Å². The third-order valence-electron chi connectivity index (χ3n) is 3.57. The van der Waals surface area contributed by atoms with Crippen molar-refractivity contribution in [2.75, 3.05) is 13.6 Å². The summed E-state index contributed by atoms with van der Waals surface area (Å²) in [7, 11) is 1.64. The van der Waals surface area contributed by atoms with Gasteiger partial charge in [-0.1, -0.05) is 60.7 Å². The van der Waals surface area contributed by atoms with Crippen LogP contribution >= 0.6 is 0 Å². The van der Waals surface area contributed by atoms with Crippen molar-refractivity contribution in [3.63, 3.8) is 0 Å². The summed E-state index contributed by atoms with van der Waals surface area (Å²) in [4.78, 5) is 25.3. The number of nitrogens with one attached hydrogen (secondary N) is 1. The van der Waals surface area contributed by atoms with Gasteiger partial charge in [0.05, 0.1) is 0 Å². The number of carbonyl (C=O) groups excluding carboxylic acids is 2. The molecule has 2 aromatic rings. The van der Waals surface area contributed by atoms with Gasteiger partial charge in [-0.2, -0.15) is 0 Å². The zero-order valence-corrected chi connectivity index (χ0v) is 13.4. The van der Waals surface area contributed by atoms with Crippen LogP contribution in [0.15, 0.2) is 60.7 Å². The second kappa shape index (κ2) is 8.73. The molecule has 4 nitrogen and oxygen atoms in total. The lowest BCUT2D eigenvalue weighted by Crippen LogP contribution is -2.41. The molecule has 0 unspecified atom stereocenters. The van der Waals surface area contributed by atoms with Gasteiger partial charge < -0.3 is 10.2 Å². The van der Waals surface area contributed by atoms with Crippen LogP contribution in [0.4, 0.5) is 0 Å². The SMILES string of the molecule is CN(Cc1ccccc1)C(=O)C(=O)NCCCc1ccccc1. The van der Waals surface area contributed by atoms with Gasteiger partial charge in [-0.25, -0.2) is 0 Å². The molecule has 0 aromatic heterocycles. The number of amides is 2. The second-order valence-electron chi connectivity index (χ2n) is 5.49. The van der Waals surface area contributed by atoms with Crippen molar-refractivity contribution in [3.8, 4) is 0 Å². The average Bonchev–Trinajstić information content (AvgIpc) is 2.59. The van der Waals surface area contributed by atoms with E-state index >= 15 is 0 Å². The van der Waals surface area contributed by atoms with E-state index in [1.807, 2.05) is 48.5 Å². The maximum absolute atomic E-state index is 12.0. The van der Waals surface area contributed by atoms with E-state index in [2.05, 4.69) is 17.4 Å². The van der Waals surface area contributed by atoms with E-state index in [1.54, 1.807) is 7.05 Å². The summed E-state index contributed by atoms with van der Waals surface area (Å²) in [6.07, 6.45) is 1.70. The first kappa shape index (κ1) is 16.7. The minimum atomic E-state index is -0.545. The maximum Gasteiger partial charge on any atom is 0.311 e. The highest BCUT2D eigenvalue weighted by Gasteiger charge is 2.17. The van der Waals surface area contributed by atoms with Crippen molar-refractivity contribution < 1.29 is 9.59 Å². The molecule has 0 saturated carbocycles. The predicted molar refractivity (Wildman–Crippen MR) is 90.7 cm³/mol. The van der Waals surface area contributed by atoms with E-state index in [-0.39, 0.29) is 0 Å². The predicted octanol–water partition coefficient (Wildman–Crippen LogP) is 2.39. The first-order valence-corrected chi connectivity index (χ1v) is 7.78. The van der Waals surface area contributed by atoms with E-state index in [0.29, 0.717) is 13.1 Å². The molecule has 0 radical (unpaired) electrons. The van der Waals surface area contributed by atoms with Crippen molar-refractivity contribution >= 4 is 11.8 Å². The zero-order chi connectivity index (χ0) is 16.5. The summed E-state index contributed by atoms with van der Waals surface area (Å²) < 4.78 is 0. The standard InChI is InChI=1S/C19H22N2O2/c1-21(15-17-11-6-3-7-12-17)19(23)18(22)20-14-8-13-16-9-4-2-5-10-16/h2-7,9-12H,8,13-15H2,1H3,(H,20,22). The van der Waals surface area contributed by atoms with Gasteiger partial charge in [0.25, 0.3) is 0 Å². The minimum absolute atomic E-state index is 0.428. The Labute approximate surface area is 137 Å². The third kappa shape index (κ3) is 5.58. The highest BCUT2D eigenvalue weighted by Crippen LogP contribution is 2.03. The van der Waals surface area contributed by atoms with Gasteiger partial charge in [-0.05, 0) is 24.0 Å². The summed E-state index contributed by atoms with van der Waals surface area (Å²) in [5.41, 5.74) is 2.23. The quantitative estimate of drug-likeness (QED) is 0.658. The van der Waals surface area contributed by atoms with E-state index in [0.717, 1.165) is 18.4 Å². The van der Waals surface area contributed by atoms with Crippen LogP contribution in [-0.4, -0.2) is 30.3 Å². The Kier molecular flexibility index (Phi) is 6.36. The number of hydrogen-bond acceptors (Lipinski definition) is 2. The minimum Gasteiger partial charge on any atom is -0.348 e. The van der Waals surface area contributed by atoms with Crippen molar-refractivity contribution in [2.24, 2.45) is 0 Å². The lowest BCUT2D eigenvalue weighted by molar-refractivity contribution is -0.145. The van der Waals surface area contributed by atoms with Crippen LogP contribution in [0.1, 0.15) is 17.5 Å². The number of rotatable bonds is 6. The fourth-order valence-electron chi connectivity index (χ4n) is 2.32. The fraction of sp³-hybridized carbons (Fsp3) is 0.263. The molecule has 4 heteroatoms. The lowest BCUT2D eigenvalue weighted by Gasteiger charge is -2.16. The summed E-state index contributed by atoms with van der Waals surface area (Å²) in [5.74, 6) is -1.05. The molecule has 2 amide bonds. The summed E-state index contributed by atoms with van der Waals surface area (Å²) in [5, 5.41) is 2.69. The fourth-order valence-corrected chi connectivity index (χ4v) is 2.32. The summed E-state index contributed by atoms with van der Waals surface area (Å²) >= 11 is 0. The van der Waals surface area contributed by atoms with Gasteiger partial charge in [0.15, 0.2) is 0 Å². The first-order chi connectivity index (χ1) is 11.2. The van der Waals surface area contributed by atoms with Gasteiger partial charge in [0.1, 0.15) is 0 Å². The summed E-state index contributed by atoms with van der Waals surface area (Å²) in [6, 6.07) is 19.7. The molecule has 0 aliphatic carbocycles. The number of benzene rings is 2. The molecule has 2 aromatic carbocycles. The molecular weight excluding hydrogens is 288 g/mol. The Hall–Kier alpha value is -2.62. The van der Waals surface area contributed by atoms with Gasteiger partial charge in [0, 0.05) is 20.1 Å².